The second-order valence-electron chi connectivity index (χ2n) is 5.83. The second kappa shape index (κ2) is 5.19. The highest BCUT2D eigenvalue weighted by Crippen LogP contribution is 2.41. The summed E-state index contributed by atoms with van der Waals surface area (Å²) in [5.74, 6) is 0. The van der Waals surface area contributed by atoms with Gasteiger partial charge in [-0.05, 0) is 31.5 Å². The average Bonchev–Trinajstić information content (AvgIpc) is 2.53. The number of benzene rings is 2. The lowest BCUT2D eigenvalue weighted by atomic mass is 9.81. The van der Waals surface area contributed by atoms with Crippen LogP contribution < -0.4 is 0 Å². The van der Waals surface area contributed by atoms with E-state index in [9.17, 15) is 13.5 Å². The van der Waals surface area contributed by atoms with Crippen LogP contribution in [-0.4, -0.2) is 30.4 Å². The molecule has 0 aromatic heterocycles. The topological polar surface area (TPSA) is 57.6 Å². The van der Waals surface area contributed by atoms with Gasteiger partial charge in [0.25, 0.3) is 0 Å². The van der Waals surface area contributed by atoms with Gasteiger partial charge in [0.2, 0.25) is 10.0 Å². The zero-order valence-electron chi connectivity index (χ0n) is 12.6. The van der Waals surface area contributed by atoms with E-state index in [-0.39, 0.29) is 11.4 Å². The third-order valence-corrected chi connectivity index (χ3v) is 6.35. The lowest BCUT2D eigenvalue weighted by Gasteiger charge is -2.51. The fraction of sp³-hybridized carbons (Fsp3) is 0.294. The van der Waals surface area contributed by atoms with Gasteiger partial charge in [0.05, 0.1) is 10.9 Å². The zero-order chi connectivity index (χ0) is 16.0. The third kappa shape index (κ3) is 2.26. The van der Waals surface area contributed by atoms with E-state index in [4.69, 9.17) is 0 Å². The Hall–Kier alpha value is -1.69. The highest BCUT2D eigenvalue weighted by molar-refractivity contribution is 7.89. The van der Waals surface area contributed by atoms with E-state index in [0.29, 0.717) is 0 Å². The molecule has 3 rings (SSSR count). The van der Waals surface area contributed by atoms with Gasteiger partial charge in [-0.25, -0.2) is 8.42 Å². The van der Waals surface area contributed by atoms with E-state index in [0.717, 1.165) is 11.1 Å². The van der Waals surface area contributed by atoms with Crippen LogP contribution in [0.4, 0.5) is 0 Å². The Morgan fingerprint density at radius 3 is 2.23 bits per heavy atom. The van der Waals surface area contributed by atoms with E-state index in [1.165, 1.54) is 4.31 Å². The van der Waals surface area contributed by atoms with Crippen molar-refractivity contribution in [1.82, 2.24) is 4.31 Å². The Morgan fingerprint density at radius 1 is 1.09 bits per heavy atom. The molecular formula is C17H19NO3S. The summed E-state index contributed by atoms with van der Waals surface area (Å²) in [7, 11) is -3.57. The summed E-state index contributed by atoms with van der Waals surface area (Å²) in [6.45, 7) is 3.73. The van der Waals surface area contributed by atoms with Crippen molar-refractivity contribution < 1.29 is 13.5 Å². The largest absolute Gasteiger partial charge is 0.382 e. The molecule has 116 valence electrons. The van der Waals surface area contributed by atoms with Gasteiger partial charge in [-0.15, -0.1) is 0 Å². The Bertz CT molecular complexity index is 771. The standard InChI is InChI=1S/C17H19NO3S/c1-13-8-10-16(11-9-13)22(20,21)18-12-17(19,14(18)2)15-6-4-3-5-7-15/h3-11,14,19H,12H2,1-2H3/t14-,17-/m1/s1. The van der Waals surface area contributed by atoms with Crippen molar-refractivity contribution >= 4 is 10.0 Å². The Balaban J connectivity index is 1.88. The number of aryl methyl sites for hydroxylation is 1. The molecule has 0 radical (unpaired) electrons. The molecule has 0 spiro atoms. The Kier molecular flexibility index (Phi) is 3.59. The van der Waals surface area contributed by atoms with Gasteiger partial charge in [-0.3, -0.25) is 0 Å². The van der Waals surface area contributed by atoms with Gasteiger partial charge in [0.15, 0.2) is 0 Å². The molecule has 1 fully saturated rings. The summed E-state index contributed by atoms with van der Waals surface area (Å²) >= 11 is 0. The molecule has 1 heterocycles. The van der Waals surface area contributed by atoms with Crippen molar-refractivity contribution in [2.24, 2.45) is 0 Å². The smallest absolute Gasteiger partial charge is 0.243 e. The minimum atomic E-state index is -3.57. The fourth-order valence-corrected chi connectivity index (χ4v) is 4.54. The normalized spacial score (nSPS) is 25.7. The van der Waals surface area contributed by atoms with E-state index in [1.54, 1.807) is 31.2 Å². The molecule has 2 aromatic rings. The summed E-state index contributed by atoms with van der Waals surface area (Å²) in [6, 6.07) is 15.5. The first-order valence-corrected chi connectivity index (χ1v) is 8.66. The molecule has 5 heteroatoms. The zero-order valence-corrected chi connectivity index (χ0v) is 13.4. The fourth-order valence-electron chi connectivity index (χ4n) is 2.83. The van der Waals surface area contributed by atoms with Crippen molar-refractivity contribution in [2.45, 2.75) is 30.4 Å². The van der Waals surface area contributed by atoms with Crippen LogP contribution in [0, 0.1) is 6.92 Å². The van der Waals surface area contributed by atoms with Crippen LogP contribution in [0.25, 0.3) is 0 Å². The van der Waals surface area contributed by atoms with E-state index in [1.807, 2.05) is 37.3 Å². The molecule has 1 saturated heterocycles. The van der Waals surface area contributed by atoms with Gasteiger partial charge >= 0.3 is 0 Å². The van der Waals surface area contributed by atoms with Crippen LogP contribution in [0.15, 0.2) is 59.5 Å². The van der Waals surface area contributed by atoms with Gasteiger partial charge in [-0.2, -0.15) is 4.31 Å². The minimum absolute atomic E-state index is 0.0778. The van der Waals surface area contributed by atoms with Crippen LogP contribution in [0.3, 0.4) is 0 Å². The number of hydrogen-bond donors (Lipinski definition) is 1. The molecule has 0 aliphatic carbocycles. The number of sulfonamides is 1. The summed E-state index contributed by atoms with van der Waals surface area (Å²) in [4.78, 5) is 0.264. The van der Waals surface area contributed by atoms with Crippen molar-refractivity contribution in [2.75, 3.05) is 6.54 Å². The maximum Gasteiger partial charge on any atom is 0.243 e. The summed E-state index contributed by atoms with van der Waals surface area (Å²) in [6.07, 6.45) is 0. The molecule has 0 amide bonds. The predicted molar refractivity (Wildman–Crippen MR) is 84.9 cm³/mol. The van der Waals surface area contributed by atoms with E-state index >= 15 is 0 Å². The monoisotopic (exact) mass is 317 g/mol. The summed E-state index contributed by atoms with van der Waals surface area (Å²) < 4.78 is 26.7. The summed E-state index contributed by atoms with van der Waals surface area (Å²) in [5, 5.41) is 10.8. The third-order valence-electron chi connectivity index (χ3n) is 4.42. The number of hydrogen-bond acceptors (Lipinski definition) is 3. The maximum atomic E-state index is 12.7. The molecule has 22 heavy (non-hydrogen) atoms. The first-order valence-electron chi connectivity index (χ1n) is 7.22. The quantitative estimate of drug-likeness (QED) is 0.945. The Morgan fingerprint density at radius 2 is 1.68 bits per heavy atom. The number of aliphatic hydroxyl groups is 1. The molecule has 2 aromatic carbocycles. The highest BCUT2D eigenvalue weighted by Gasteiger charge is 2.54. The summed E-state index contributed by atoms with van der Waals surface area (Å²) in [5.41, 5.74) is 0.633. The molecule has 1 aliphatic heterocycles. The minimum Gasteiger partial charge on any atom is -0.382 e. The molecule has 1 N–H and O–H groups in total. The van der Waals surface area contributed by atoms with Gasteiger partial charge in [0, 0.05) is 6.54 Å². The van der Waals surface area contributed by atoms with E-state index in [2.05, 4.69) is 0 Å². The molecule has 0 unspecified atom stereocenters. The van der Waals surface area contributed by atoms with Crippen LogP contribution >= 0.6 is 0 Å². The van der Waals surface area contributed by atoms with Gasteiger partial charge < -0.3 is 5.11 Å². The molecule has 0 bridgehead atoms. The SMILES string of the molecule is Cc1ccc(S(=O)(=O)N2C[C@](O)(c3ccccc3)[C@H]2C)cc1. The van der Waals surface area contributed by atoms with Crippen LogP contribution in [0.1, 0.15) is 18.1 Å². The van der Waals surface area contributed by atoms with Crippen molar-refractivity contribution in [3.8, 4) is 0 Å². The lowest BCUT2D eigenvalue weighted by molar-refractivity contribution is -0.112. The van der Waals surface area contributed by atoms with Gasteiger partial charge in [-0.1, -0.05) is 48.0 Å². The molecule has 2 atom stereocenters. The van der Waals surface area contributed by atoms with Crippen LogP contribution in [-0.2, 0) is 15.6 Å². The van der Waals surface area contributed by atoms with Crippen molar-refractivity contribution in [3.63, 3.8) is 0 Å². The maximum absolute atomic E-state index is 12.7. The number of nitrogens with zero attached hydrogens (tertiary/aromatic N) is 1. The van der Waals surface area contributed by atoms with Crippen LogP contribution in [0.5, 0.6) is 0 Å². The van der Waals surface area contributed by atoms with Crippen molar-refractivity contribution in [1.29, 1.82) is 0 Å². The second-order valence-corrected chi connectivity index (χ2v) is 7.72. The van der Waals surface area contributed by atoms with E-state index < -0.39 is 21.7 Å². The Labute approximate surface area is 131 Å². The first kappa shape index (κ1) is 15.2. The highest BCUT2D eigenvalue weighted by atomic mass is 32.2. The van der Waals surface area contributed by atoms with Crippen LogP contribution in [0.2, 0.25) is 0 Å². The molecule has 1 aliphatic rings. The van der Waals surface area contributed by atoms with Crippen molar-refractivity contribution in [3.05, 3.63) is 65.7 Å². The lowest BCUT2D eigenvalue weighted by Crippen LogP contribution is -2.67. The number of rotatable bonds is 3. The predicted octanol–water partition coefficient (Wildman–Crippen LogP) is 2.28. The number of β-amino-alcohol motifs (C(OH)–C–C–N with tert-alkyl or cyclic N) is 1. The molecular weight excluding hydrogens is 298 g/mol. The first-order chi connectivity index (χ1) is 10.4. The average molecular weight is 317 g/mol. The molecule has 4 nitrogen and oxygen atoms in total. The van der Waals surface area contributed by atoms with Gasteiger partial charge in [0.1, 0.15) is 5.60 Å². The molecule has 0 saturated carbocycles.